The highest BCUT2D eigenvalue weighted by Crippen LogP contribution is 2.20. The second-order valence-corrected chi connectivity index (χ2v) is 11.0. The van der Waals surface area contributed by atoms with Crippen LogP contribution >= 0.6 is 0 Å². The molecule has 0 N–H and O–H groups in total. The first-order chi connectivity index (χ1) is 15.9. The van der Waals surface area contributed by atoms with Crippen LogP contribution in [-0.4, -0.2) is 49.1 Å². The second kappa shape index (κ2) is 16.9. The maximum atomic E-state index is 2.74. The van der Waals surface area contributed by atoms with E-state index < -0.39 is 0 Å². The van der Waals surface area contributed by atoms with Crippen LogP contribution in [0, 0.1) is 0 Å². The van der Waals surface area contributed by atoms with Crippen molar-refractivity contribution in [2.24, 2.45) is 0 Å². The Morgan fingerprint density at radius 2 is 0.719 bits per heavy atom. The minimum absolute atomic E-state index is 1.27. The Morgan fingerprint density at radius 1 is 0.375 bits per heavy atom. The molecule has 32 heavy (non-hydrogen) atoms. The third-order valence-electron chi connectivity index (χ3n) is 8.05. The topological polar surface area (TPSA) is 6.48 Å². The van der Waals surface area contributed by atoms with Gasteiger partial charge in [-0.15, -0.1) is 0 Å². The van der Waals surface area contributed by atoms with Gasteiger partial charge < -0.3 is 0 Å². The molecule has 2 heteroatoms. The van der Waals surface area contributed by atoms with Crippen molar-refractivity contribution in [3.63, 3.8) is 0 Å². The molecule has 0 spiro atoms. The number of rotatable bonds is 0. The van der Waals surface area contributed by atoms with Gasteiger partial charge in [-0.1, -0.05) is 100 Å². The van der Waals surface area contributed by atoms with Gasteiger partial charge in [-0.25, -0.2) is 0 Å². The summed E-state index contributed by atoms with van der Waals surface area (Å²) in [6.07, 6.45) is 33.5. The maximum absolute atomic E-state index is 2.74. The summed E-state index contributed by atoms with van der Waals surface area (Å²) >= 11 is 0. The lowest BCUT2D eigenvalue weighted by Gasteiger charge is -2.27. The molecule has 2 unspecified atom stereocenters. The predicted octanol–water partition coefficient (Wildman–Crippen LogP) is 8.29. The molecule has 3 aliphatic rings. The fourth-order valence-corrected chi connectivity index (χ4v) is 6.00. The van der Waals surface area contributed by atoms with Crippen LogP contribution in [-0.2, 0) is 0 Å². The highest BCUT2D eigenvalue weighted by Gasteiger charge is 2.13. The minimum Gasteiger partial charge on any atom is -0.299 e. The fraction of sp³-hybridized carbons (Fsp3) is 0.867. The van der Waals surface area contributed by atoms with Gasteiger partial charge in [-0.3, -0.25) is 9.80 Å². The highest BCUT2D eigenvalue weighted by atomic mass is 15.1. The molecule has 3 aliphatic heterocycles. The molecule has 0 aromatic carbocycles. The molecule has 0 saturated carbocycles. The van der Waals surface area contributed by atoms with Crippen LogP contribution in [0.4, 0.5) is 0 Å². The van der Waals surface area contributed by atoms with Crippen LogP contribution in [0.2, 0.25) is 0 Å². The van der Waals surface area contributed by atoms with Gasteiger partial charge in [0.05, 0.1) is 0 Å². The lowest BCUT2D eigenvalue weighted by Crippen LogP contribution is -2.31. The molecule has 0 aromatic heterocycles. The molecule has 0 amide bonds. The Hall–Kier alpha value is -0.600. The zero-order valence-corrected chi connectivity index (χ0v) is 21.4. The second-order valence-electron chi connectivity index (χ2n) is 11.0. The van der Waals surface area contributed by atoms with Crippen LogP contribution in [0.15, 0.2) is 23.3 Å². The number of nitrogens with zero attached hydrogens (tertiary/aromatic N) is 2. The van der Waals surface area contributed by atoms with Gasteiger partial charge in [-0.2, -0.15) is 0 Å². The molecule has 3 rings (SSSR count). The quantitative estimate of drug-likeness (QED) is 0.348. The summed E-state index contributed by atoms with van der Waals surface area (Å²) in [5, 5.41) is 0. The van der Waals surface area contributed by atoms with Crippen LogP contribution in [0.3, 0.4) is 0 Å². The van der Waals surface area contributed by atoms with Crippen LogP contribution in [0.5, 0.6) is 0 Å². The van der Waals surface area contributed by atoms with Gasteiger partial charge in [0.1, 0.15) is 0 Å². The van der Waals surface area contributed by atoms with Gasteiger partial charge in [0.2, 0.25) is 0 Å². The van der Waals surface area contributed by atoms with Gasteiger partial charge in [-0.05, 0) is 64.5 Å². The maximum Gasteiger partial charge on any atom is 0.0192 e. The monoisotopic (exact) mass is 442 g/mol. The van der Waals surface area contributed by atoms with E-state index in [1.807, 2.05) is 0 Å². The van der Waals surface area contributed by atoms with E-state index in [4.69, 9.17) is 0 Å². The summed E-state index contributed by atoms with van der Waals surface area (Å²) in [5.41, 5.74) is 3.49. The lowest BCUT2D eigenvalue weighted by atomic mass is 10.00. The molecule has 2 atom stereocenters. The predicted molar refractivity (Wildman–Crippen MR) is 141 cm³/mol. The molecular formula is C30H54N2. The van der Waals surface area contributed by atoms with Crippen molar-refractivity contribution >= 4 is 0 Å². The summed E-state index contributed by atoms with van der Waals surface area (Å²) in [6.45, 7) is 7.82. The Balaban J connectivity index is 1.34. The summed E-state index contributed by atoms with van der Waals surface area (Å²) < 4.78 is 0. The fourth-order valence-electron chi connectivity index (χ4n) is 6.00. The minimum atomic E-state index is 1.27. The van der Waals surface area contributed by atoms with Crippen molar-refractivity contribution in [2.75, 3.05) is 39.3 Å². The van der Waals surface area contributed by atoms with Crippen molar-refractivity contribution in [3.05, 3.63) is 23.3 Å². The first-order valence-corrected chi connectivity index (χ1v) is 14.7. The van der Waals surface area contributed by atoms with E-state index in [0.717, 1.165) is 0 Å². The first-order valence-electron chi connectivity index (χ1n) is 14.7. The molecular weight excluding hydrogens is 388 g/mol. The van der Waals surface area contributed by atoms with Crippen molar-refractivity contribution in [1.29, 1.82) is 0 Å². The molecule has 0 radical (unpaired) electrons. The first kappa shape index (κ1) is 26.0. The zero-order valence-electron chi connectivity index (χ0n) is 21.4. The molecule has 3 heterocycles. The smallest absolute Gasteiger partial charge is 0.0192 e. The average molecular weight is 443 g/mol. The number of hydrogen-bond acceptors (Lipinski definition) is 2. The highest BCUT2D eigenvalue weighted by molar-refractivity contribution is 5.08. The third-order valence-corrected chi connectivity index (χ3v) is 8.05. The van der Waals surface area contributed by atoms with E-state index in [2.05, 4.69) is 22.0 Å². The van der Waals surface area contributed by atoms with E-state index in [9.17, 15) is 0 Å². The van der Waals surface area contributed by atoms with E-state index in [0.29, 0.717) is 0 Å². The van der Waals surface area contributed by atoms with Crippen molar-refractivity contribution in [2.45, 2.75) is 128 Å². The SMILES string of the molecule is C1=C2CCCCCCCCCCN3CCC=C(CCCCCCCCCCN(CC1)C2)C3. The third kappa shape index (κ3) is 11.5. The molecule has 0 aliphatic carbocycles. The van der Waals surface area contributed by atoms with Gasteiger partial charge in [0.25, 0.3) is 0 Å². The average Bonchev–Trinajstić information content (AvgIpc) is 2.81. The van der Waals surface area contributed by atoms with E-state index in [1.54, 1.807) is 11.1 Å². The van der Waals surface area contributed by atoms with Crippen molar-refractivity contribution < 1.29 is 0 Å². The molecule has 184 valence electrons. The van der Waals surface area contributed by atoms with Crippen LogP contribution < -0.4 is 0 Å². The number of fused-ring (bicyclic) bond motifs is 4. The molecule has 1 saturated heterocycles. The molecule has 2 nitrogen and oxygen atoms in total. The van der Waals surface area contributed by atoms with E-state index >= 15 is 0 Å². The van der Waals surface area contributed by atoms with Crippen molar-refractivity contribution in [1.82, 2.24) is 9.80 Å². The largest absolute Gasteiger partial charge is 0.299 e. The van der Waals surface area contributed by atoms with Gasteiger partial charge in [0.15, 0.2) is 0 Å². The standard InChI is InChI=1S/C30H54N2/c1-3-7-11-15-23-31-25-18-22-30(28-31)20-14-10-6-2-4-8-12-16-24-32-26-17-21-29(27-32)19-13-9-5-1/h21-22H,1-20,23-28H2. The molecule has 0 aromatic rings. The lowest BCUT2D eigenvalue weighted by molar-refractivity contribution is 0.277. The number of hydrogen-bond donors (Lipinski definition) is 0. The van der Waals surface area contributed by atoms with Gasteiger partial charge in [0, 0.05) is 26.2 Å². The van der Waals surface area contributed by atoms with Gasteiger partial charge >= 0.3 is 0 Å². The van der Waals surface area contributed by atoms with Crippen molar-refractivity contribution in [3.8, 4) is 0 Å². The van der Waals surface area contributed by atoms with E-state index in [-0.39, 0.29) is 0 Å². The Kier molecular flexibility index (Phi) is 13.8. The Bertz CT molecular complexity index is 487. The van der Waals surface area contributed by atoms with E-state index in [1.165, 1.54) is 168 Å². The molecule has 1 fully saturated rings. The Morgan fingerprint density at radius 3 is 1.12 bits per heavy atom. The summed E-state index contributed by atoms with van der Waals surface area (Å²) in [4.78, 5) is 5.47. The summed E-state index contributed by atoms with van der Waals surface area (Å²) in [6, 6.07) is 0. The normalized spacial score (nSPS) is 29.5. The zero-order chi connectivity index (χ0) is 22.1. The summed E-state index contributed by atoms with van der Waals surface area (Å²) in [5.74, 6) is 0. The summed E-state index contributed by atoms with van der Waals surface area (Å²) in [7, 11) is 0. The van der Waals surface area contributed by atoms with Crippen LogP contribution in [0.25, 0.3) is 0 Å². The van der Waals surface area contributed by atoms with Crippen LogP contribution in [0.1, 0.15) is 128 Å². The Labute approximate surface area is 200 Å². The molecule has 4 bridgehead atoms.